The number of carbonyl (C=O) groups excluding carboxylic acids is 2. The third kappa shape index (κ3) is 3.02. The summed E-state index contributed by atoms with van der Waals surface area (Å²) >= 11 is 0. The van der Waals surface area contributed by atoms with E-state index in [-0.39, 0.29) is 11.8 Å². The molecule has 4 rings (SSSR count). The van der Waals surface area contributed by atoms with Crippen LogP contribution < -0.4 is 20.5 Å². The highest BCUT2D eigenvalue weighted by atomic mass is 16.5. The predicted molar refractivity (Wildman–Crippen MR) is 105 cm³/mol. The van der Waals surface area contributed by atoms with Gasteiger partial charge < -0.3 is 25.4 Å². The van der Waals surface area contributed by atoms with Gasteiger partial charge in [-0.05, 0) is 42.8 Å². The number of nitrogens with two attached hydrogens (primary N) is 1. The number of ether oxygens (including phenoxy) is 2. The molecule has 2 aromatic rings. The van der Waals surface area contributed by atoms with Crippen LogP contribution in [0.1, 0.15) is 39.1 Å². The maximum atomic E-state index is 12.8. The zero-order valence-corrected chi connectivity index (χ0v) is 16.0. The lowest BCUT2D eigenvalue weighted by Crippen LogP contribution is -2.61. The monoisotopic (exact) mass is 381 g/mol. The summed E-state index contributed by atoms with van der Waals surface area (Å²) < 4.78 is 11.4. The highest BCUT2D eigenvalue weighted by molar-refractivity contribution is 6.01. The maximum absolute atomic E-state index is 12.8. The van der Waals surface area contributed by atoms with Crippen molar-refractivity contribution in [1.29, 1.82) is 0 Å². The number of hydrogen-bond acceptors (Lipinski definition) is 5. The van der Waals surface area contributed by atoms with Crippen LogP contribution in [0.2, 0.25) is 0 Å². The van der Waals surface area contributed by atoms with Gasteiger partial charge in [0.1, 0.15) is 17.1 Å². The molecular formula is C21H23N3O4. The van der Waals surface area contributed by atoms with E-state index in [0.29, 0.717) is 54.2 Å². The number of aryl methyl sites for hydroxylation is 1. The van der Waals surface area contributed by atoms with E-state index in [1.54, 1.807) is 35.2 Å². The third-order valence-corrected chi connectivity index (χ3v) is 5.46. The topological polar surface area (TPSA) is 93.9 Å². The van der Waals surface area contributed by atoms with Crippen LogP contribution in [0.3, 0.4) is 0 Å². The van der Waals surface area contributed by atoms with Crippen LogP contribution in [0, 0.1) is 6.92 Å². The number of hydrogen-bond donors (Lipinski definition) is 2. The van der Waals surface area contributed by atoms with Crippen molar-refractivity contribution in [3.05, 3.63) is 53.1 Å². The molecule has 2 amide bonds. The second-order valence-electron chi connectivity index (χ2n) is 7.25. The second kappa shape index (κ2) is 6.74. The molecular weight excluding hydrogens is 358 g/mol. The second-order valence-corrected chi connectivity index (χ2v) is 7.25. The van der Waals surface area contributed by atoms with Gasteiger partial charge in [-0.2, -0.15) is 0 Å². The van der Waals surface area contributed by atoms with Gasteiger partial charge in [0.05, 0.1) is 7.11 Å². The zero-order chi connectivity index (χ0) is 19.9. The van der Waals surface area contributed by atoms with Crippen LogP contribution in [0.4, 0.5) is 5.69 Å². The van der Waals surface area contributed by atoms with E-state index in [1.807, 2.05) is 13.0 Å². The Labute approximate surface area is 163 Å². The third-order valence-electron chi connectivity index (χ3n) is 5.46. The summed E-state index contributed by atoms with van der Waals surface area (Å²) in [5.74, 6) is 0.739. The minimum atomic E-state index is -0.801. The van der Waals surface area contributed by atoms with Gasteiger partial charge in [0.15, 0.2) is 5.72 Å². The lowest BCUT2D eigenvalue weighted by molar-refractivity contribution is -0.0248. The van der Waals surface area contributed by atoms with Crippen molar-refractivity contribution < 1.29 is 19.1 Å². The minimum Gasteiger partial charge on any atom is -0.496 e. The van der Waals surface area contributed by atoms with Gasteiger partial charge in [-0.25, -0.2) is 0 Å². The molecule has 7 nitrogen and oxygen atoms in total. The van der Waals surface area contributed by atoms with Crippen molar-refractivity contribution in [2.75, 3.05) is 25.9 Å². The van der Waals surface area contributed by atoms with Crippen molar-refractivity contribution in [2.24, 2.45) is 0 Å². The number of fused-ring (bicyclic) bond motifs is 1. The van der Waals surface area contributed by atoms with E-state index in [0.717, 1.165) is 5.56 Å². The Morgan fingerprint density at radius 2 is 2.00 bits per heavy atom. The van der Waals surface area contributed by atoms with Crippen LogP contribution in [0.5, 0.6) is 11.5 Å². The van der Waals surface area contributed by atoms with E-state index in [2.05, 4.69) is 5.32 Å². The van der Waals surface area contributed by atoms with Crippen molar-refractivity contribution in [1.82, 2.24) is 10.2 Å². The molecule has 0 radical (unpaired) electrons. The Kier molecular flexibility index (Phi) is 4.37. The van der Waals surface area contributed by atoms with E-state index >= 15 is 0 Å². The Morgan fingerprint density at radius 3 is 2.68 bits per heavy atom. The van der Waals surface area contributed by atoms with E-state index in [1.165, 1.54) is 7.11 Å². The number of piperidine rings is 1. The Morgan fingerprint density at radius 1 is 1.25 bits per heavy atom. The fraction of sp³-hybridized carbons (Fsp3) is 0.333. The van der Waals surface area contributed by atoms with Crippen LogP contribution in [-0.2, 0) is 0 Å². The molecule has 0 bridgehead atoms. The average Bonchev–Trinajstić information content (AvgIpc) is 2.69. The zero-order valence-electron chi connectivity index (χ0n) is 16.0. The summed E-state index contributed by atoms with van der Waals surface area (Å²) in [4.78, 5) is 27.3. The SMILES string of the molecule is COc1cccc2c1C(=O)NC1(CCN(C(=O)c3ccc(N)c(C)c3)CC1)O2. The molecule has 146 valence electrons. The summed E-state index contributed by atoms with van der Waals surface area (Å²) in [6, 6.07) is 10.6. The first kappa shape index (κ1) is 18.2. The molecule has 0 aliphatic carbocycles. The van der Waals surface area contributed by atoms with Gasteiger partial charge in [0.2, 0.25) is 0 Å². The number of nitrogen functional groups attached to an aromatic ring is 1. The quantitative estimate of drug-likeness (QED) is 0.779. The normalized spacial score (nSPS) is 17.5. The Hall–Kier alpha value is -3.22. The number of nitrogens with zero attached hydrogens (tertiary/aromatic N) is 1. The van der Waals surface area contributed by atoms with Crippen LogP contribution in [-0.4, -0.2) is 42.6 Å². The van der Waals surface area contributed by atoms with Crippen molar-refractivity contribution >= 4 is 17.5 Å². The molecule has 1 saturated heterocycles. The lowest BCUT2D eigenvalue weighted by atomic mass is 9.96. The molecule has 0 atom stereocenters. The summed E-state index contributed by atoms with van der Waals surface area (Å²) in [7, 11) is 1.52. The summed E-state index contributed by atoms with van der Waals surface area (Å²) in [5.41, 5.74) is 7.62. The first-order valence-electron chi connectivity index (χ1n) is 9.26. The Bertz CT molecular complexity index is 949. The van der Waals surface area contributed by atoms with E-state index < -0.39 is 5.72 Å². The van der Waals surface area contributed by atoms with E-state index in [9.17, 15) is 9.59 Å². The number of likely N-dealkylation sites (tertiary alicyclic amines) is 1. The first-order chi connectivity index (χ1) is 13.4. The van der Waals surface area contributed by atoms with Crippen LogP contribution in [0.15, 0.2) is 36.4 Å². The van der Waals surface area contributed by atoms with Crippen molar-refractivity contribution in [3.63, 3.8) is 0 Å². The van der Waals surface area contributed by atoms with Gasteiger partial charge in [0, 0.05) is 37.2 Å². The number of methoxy groups -OCH3 is 1. The number of nitrogens with one attached hydrogen (secondary N) is 1. The smallest absolute Gasteiger partial charge is 0.261 e. The molecule has 1 fully saturated rings. The Balaban J connectivity index is 1.50. The van der Waals surface area contributed by atoms with Gasteiger partial charge in [-0.3, -0.25) is 9.59 Å². The summed E-state index contributed by atoms with van der Waals surface area (Å²) in [6.45, 7) is 2.86. The van der Waals surface area contributed by atoms with Crippen molar-refractivity contribution in [3.8, 4) is 11.5 Å². The summed E-state index contributed by atoms with van der Waals surface area (Å²) in [5, 5.41) is 2.98. The van der Waals surface area contributed by atoms with Gasteiger partial charge in [0.25, 0.3) is 11.8 Å². The summed E-state index contributed by atoms with van der Waals surface area (Å²) in [6.07, 6.45) is 1.02. The van der Waals surface area contributed by atoms with Gasteiger partial charge in [-0.15, -0.1) is 0 Å². The molecule has 28 heavy (non-hydrogen) atoms. The molecule has 3 N–H and O–H groups in total. The van der Waals surface area contributed by atoms with Crippen LogP contribution in [0.25, 0.3) is 0 Å². The maximum Gasteiger partial charge on any atom is 0.261 e. The van der Waals surface area contributed by atoms with Gasteiger partial charge in [-0.1, -0.05) is 6.07 Å². The average molecular weight is 381 g/mol. The lowest BCUT2D eigenvalue weighted by Gasteiger charge is -2.44. The molecule has 7 heteroatoms. The molecule has 0 unspecified atom stereocenters. The molecule has 2 aliphatic rings. The molecule has 1 spiro atoms. The van der Waals surface area contributed by atoms with Crippen LogP contribution >= 0.6 is 0 Å². The van der Waals surface area contributed by atoms with Gasteiger partial charge >= 0.3 is 0 Å². The number of anilines is 1. The molecule has 2 aliphatic heterocycles. The highest BCUT2D eigenvalue weighted by Gasteiger charge is 2.44. The minimum absolute atomic E-state index is 0.0397. The molecule has 0 saturated carbocycles. The molecule has 2 heterocycles. The number of amides is 2. The highest BCUT2D eigenvalue weighted by Crippen LogP contribution is 2.37. The molecule has 2 aromatic carbocycles. The number of carbonyl (C=O) groups is 2. The fourth-order valence-corrected chi connectivity index (χ4v) is 3.78. The standard InChI is InChI=1S/C21H23N3O4/c1-13-12-14(6-7-15(13)22)20(26)24-10-8-21(9-11-24)23-19(25)18-16(27-2)4-3-5-17(18)28-21/h3-7,12H,8-11,22H2,1-2H3,(H,23,25). The number of rotatable bonds is 2. The number of benzene rings is 2. The molecule has 0 aromatic heterocycles. The predicted octanol–water partition coefficient (Wildman–Crippen LogP) is 2.34. The largest absolute Gasteiger partial charge is 0.496 e. The van der Waals surface area contributed by atoms with Crippen molar-refractivity contribution in [2.45, 2.75) is 25.5 Å². The van der Waals surface area contributed by atoms with E-state index in [4.69, 9.17) is 15.2 Å². The first-order valence-corrected chi connectivity index (χ1v) is 9.26. The fourth-order valence-electron chi connectivity index (χ4n) is 3.78.